The smallest absolute Gasteiger partial charge is 0.191 e. The van der Waals surface area contributed by atoms with Crippen LogP contribution in [-0.4, -0.2) is 68.1 Å². The lowest BCUT2D eigenvalue weighted by Gasteiger charge is -2.33. The van der Waals surface area contributed by atoms with Gasteiger partial charge in [-0.2, -0.15) is 0 Å². The summed E-state index contributed by atoms with van der Waals surface area (Å²) in [6, 6.07) is 12.1. The molecule has 2 aliphatic rings. The van der Waals surface area contributed by atoms with E-state index in [1.807, 2.05) is 7.05 Å². The Morgan fingerprint density at radius 2 is 1.77 bits per heavy atom. The molecule has 0 radical (unpaired) electrons. The van der Waals surface area contributed by atoms with Crippen molar-refractivity contribution in [1.82, 2.24) is 20.4 Å². The Hall–Kier alpha value is -0.860. The van der Waals surface area contributed by atoms with Crippen molar-refractivity contribution in [2.24, 2.45) is 4.99 Å². The van der Waals surface area contributed by atoms with Crippen molar-refractivity contribution in [3.05, 3.63) is 35.9 Å². The lowest BCUT2D eigenvalue weighted by Crippen LogP contribution is -2.48. The molecule has 1 aromatic rings. The predicted molar refractivity (Wildman–Crippen MR) is 139 cm³/mol. The minimum atomic E-state index is 0. The third-order valence-corrected chi connectivity index (χ3v) is 6.58. The van der Waals surface area contributed by atoms with Crippen molar-refractivity contribution in [3.8, 4) is 0 Å². The summed E-state index contributed by atoms with van der Waals surface area (Å²) in [7, 11) is 4.18. The molecule has 0 unspecified atom stereocenters. The van der Waals surface area contributed by atoms with E-state index < -0.39 is 0 Å². The van der Waals surface area contributed by atoms with Gasteiger partial charge in [-0.05, 0) is 51.3 Å². The van der Waals surface area contributed by atoms with Gasteiger partial charge in [0.1, 0.15) is 0 Å². The van der Waals surface area contributed by atoms with Gasteiger partial charge in [-0.25, -0.2) is 0 Å². The van der Waals surface area contributed by atoms with Crippen LogP contribution in [0.2, 0.25) is 0 Å². The molecule has 2 N–H and O–H groups in total. The molecule has 0 spiro atoms. The number of nitrogens with one attached hydrogen (secondary N) is 2. The molecule has 0 amide bonds. The Morgan fingerprint density at radius 1 is 1.07 bits per heavy atom. The second-order valence-electron chi connectivity index (χ2n) is 8.81. The van der Waals surface area contributed by atoms with Crippen LogP contribution in [0, 0.1) is 0 Å². The molecule has 0 atom stereocenters. The van der Waals surface area contributed by atoms with Gasteiger partial charge in [0.2, 0.25) is 0 Å². The monoisotopic (exact) mass is 527 g/mol. The molecule has 1 saturated carbocycles. The number of aliphatic imine (C=N–C) groups is 1. The summed E-state index contributed by atoms with van der Waals surface area (Å²) in [5.74, 6) is 0.965. The SMILES string of the molecule is CN=C(NCCCN(C)C1CCCCC1)NC1CCN(Cc2ccccc2)CC1.I. The van der Waals surface area contributed by atoms with Crippen molar-refractivity contribution in [2.75, 3.05) is 40.3 Å². The van der Waals surface area contributed by atoms with E-state index in [1.54, 1.807) is 0 Å². The Labute approximate surface area is 201 Å². The van der Waals surface area contributed by atoms with Crippen LogP contribution in [0.25, 0.3) is 0 Å². The van der Waals surface area contributed by atoms with Gasteiger partial charge in [0.25, 0.3) is 0 Å². The number of likely N-dealkylation sites (tertiary alicyclic amines) is 1. The summed E-state index contributed by atoms with van der Waals surface area (Å²) in [5.41, 5.74) is 1.41. The maximum absolute atomic E-state index is 4.44. The van der Waals surface area contributed by atoms with E-state index in [1.165, 1.54) is 63.5 Å². The van der Waals surface area contributed by atoms with Crippen molar-refractivity contribution in [3.63, 3.8) is 0 Å². The molecule has 5 nitrogen and oxygen atoms in total. The van der Waals surface area contributed by atoms with E-state index in [2.05, 4.69) is 62.8 Å². The molecule has 1 heterocycles. The first-order valence-electron chi connectivity index (χ1n) is 11.7. The van der Waals surface area contributed by atoms with E-state index in [-0.39, 0.29) is 24.0 Å². The van der Waals surface area contributed by atoms with Gasteiger partial charge < -0.3 is 15.5 Å². The molecule has 1 saturated heterocycles. The van der Waals surface area contributed by atoms with Gasteiger partial charge in [-0.15, -0.1) is 24.0 Å². The molecule has 1 aliphatic heterocycles. The molecule has 1 aromatic carbocycles. The normalized spacial score (nSPS) is 19.5. The Kier molecular flexibility index (Phi) is 12.1. The fourth-order valence-corrected chi connectivity index (χ4v) is 4.70. The van der Waals surface area contributed by atoms with E-state index in [4.69, 9.17) is 0 Å². The van der Waals surface area contributed by atoms with E-state index >= 15 is 0 Å². The van der Waals surface area contributed by atoms with Crippen LogP contribution >= 0.6 is 24.0 Å². The highest BCUT2D eigenvalue weighted by atomic mass is 127. The van der Waals surface area contributed by atoms with Crippen LogP contribution in [0.5, 0.6) is 0 Å². The van der Waals surface area contributed by atoms with E-state index in [0.29, 0.717) is 6.04 Å². The molecule has 6 heteroatoms. The van der Waals surface area contributed by atoms with Crippen LogP contribution < -0.4 is 10.6 Å². The first-order valence-corrected chi connectivity index (χ1v) is 11.7. The number of piperidine rings is 1. The Morgan fingerprint density at radius 3 is 2.43 bits per heavy atom. The molecule has 3 rings (SSSR count). The molecule has 30 heavy (non-hydrogen) atoms. The van der Waals surface area contributed by atoms with Crippen LogP contribution in [-0.2, 0) is 6.54 Å². The number of benzene rings is 1. The first kappa shape index (κ1) is 25.4. The number of nitrogens with zero attached hydrogens (tertiary/aromatic N) is 3. The molecule has 1 aliphatic carbocycles. The van der Waals surface area contributed by atoms with Crippen LogP contribution in [0.4, 0.5) is 0 Å². The van der Waals surface area contributed by atoms with Gasteiger partial charge >= 0.3 is 0 Å². The number of hydrogen-bond donors (Lipinski definition) is 2. The molecule has 0 aromatic heterocycles. The molecule has 0 bridgehead atoms. The maximum atomic E-state index is 4.44. The molecular formula is C24H42IN5. The summed E-state index contributed by atoms with van der Waals surface area (Å²) in [6.07, 6.45) is 10.5. The fraction of sp³-hybridized carbons (Fsp3) is 0.708. The summed E-state index contributed by atoms with van der Waals surface area (Å²) in [4.78, 5) is 9.57. The summed E-state index contributed by atoms with van der Waals surface area (Å²) < 4.78 is 0. The maximum Gasteiger partial charge on any atom is 0.191 e. The number of guanidine groups is 1. The van der Waals surface area contributed by atoms with Crippen molar-refractivity contribution >= 4 is 29.9 Å². The zero-order chi connectivity index (χ0) is 20.3. The van der Waals surface area contributed by atoms with Crippen LogP contribution in [0.3, 0.4) is 0 Å². The Bertz CT molecular complexity index is 595. The zero-order valence-corrected chi connectivity index (χ0v) is 21.3. The largest absolute Gasteiger partial charge is 0.356 e. The Balaban J connectivity index is 0.00000320. The first-order chi connectivity index (χ1) is 14.2. The lowest BCUT2D eigenvalue weighted by atomic mass is 9.94. The number of halogens is 1. The van der Waals surface area contributed by atoms with Gasteiger partial charge in [-0.1, -0.05) is 49.6 Å². The summed E-state index contributed by atoms with van der Waals surface area (Å²) in [6.45, 7) is 5.52. The topological polar surface area (TPSA) is 42.9 Å². The van der Waals surface area contributed by atoms with Gasteiger partial charge in [0.15, 0.2) is 5.96 Å². The van der Waals surface area contributed by atoms with E-state index in [9.17, 15) is 0 Å². The molecule has 2 fully saturated rings. The predicted octanol–water partition coefficient (Wildman–Crippen LogP) is 4.09. The quantitative estimate of drug-likeness (QED) is 0.232. The van der Waals surface area contributed by atoms with Crippen LogP contribution in [0.1, 0.15) is 56.9 Å². The summed E-state index contributed by atoms with van der Waals surface area (Å²) in [5, 5.41) is 7.16. The highest BCUT2D eigenvalue weighted by Crippen LogP contribution is 2.21. The second-order valence-corrected chi connectivity index (χ2v) is 8.81. The lowest BCUT2D eigenvalue weighted by molar-refractivity contribution is 0.190. The van der Waals surface area contributed by atoms with Crippen molar-refractivity contribution in [2.45, 2.75) is 70.0 Å². The third-order valence-electron chi connectivity index (χ3n) is 6.58. The van der Waals surface area contributed by atoms with Gasteiger partial charge in [0, 0.05) is 45.3 Å². The average Bonchev–Trinajstić information content (AvgIpc) is 2.78. The summed E-state index contributed by atoms with van der Waals surface area (Å²) >= 11 is 0. The minimum absolute atomic E-state index is 0. The molecular weight excluding hydrogens is 485 g/mol. The highest BCUT2D eigenvalue weighted by Gasteiger charge is 2.20. The third kappa shape index (κ3) is 8.71. The average molecular weight is 528 g/mol. The van der Waals surface area contributed by atoms with E-state index in [0.717, 1.165) is 38.2 Å². The van der Waals surface area contributed by atoms with Crippen molar-refractivity contribution in [1.29, 1.82) is 0 Å². The molecule has 170 valence electrons. The van der Waals surface area contributed by atoms with Crippen LogP contribution in [0.15, 0.2) is 35.3 Å². The van der Waals surface area contributed by atoms with Gasteiger partial charge in [-0.3, -0.25) is 9.89 Å². The highest BCUT2D eigenvalue weighted by molar-refractivity contribution is 14.0. The standard InChI is InChI=1S/C24H41N5.HI/c1-25-24(26-16-9-17-28(2)23-12-7-4-8-13-23)27-22-14-18-29(19-15-22)20-21-10-5-3-6-11-21;/h3,5-6,10-11,22-23H,4,7-9,12-20H2,1-2H3,(H2,25,26,27);1H. The van der Waals surface area contributed by atoms with Gasteiger partial charge in [0.05, 0.1) is 0 Å². The number of hydrogen-bond acceptors (Lipinski definition) is 3. The fourth-order valence-electron chi connectivity index (χ4n) is 4.70. The minimum Gasteiger partial charge on any atom is -0.356 e. The second kappa shape index (κ2) is 14.2. The van der Waals surface area contributed by atoms with Crippen molar-refractivity contribution < 1.29 is 0 Å². The number of rotatable bonds is 8. The zero-order valence-electron chi connectivity index (χ0n) is 19.0.